The molecular formula is C12H13ClFNO3. The van der Waals surface area contributed by atoms with Crippen LogP contribution in [0.5, 0.6) is 0 Å². The van der Waals surface area contributed by atoms with Gasteiger partial charge < -0.3 is 10.4 Å². The fourth-order valence-electron chi connectivity index (χ4n) is 1.25. The van der Waals surface area contributed by atoms with E-state index < -0.39 is 23.2 Å². The van der Waals surface area contributed by atoms with Gasteiger partial charge in [-0.1, -0.05) is 18.5 Å². The van der Waals surface area contributed by atoms with Crippen molar-refractivity contribution in [3.05, 3.63) is 34.6 Å². The van der Waals surface area contributed by atoms with Gasteiger partial charge in [0.25, 0.3) is 5.91 Å². The minimum Gasteiger partial charge on any atom is -0.480 e. The molecule has 0 aliphatic heterocycles. The number of amides is 1. The van der Waals surface area contributed by atoms with E-state index in [1.54, 1.807) is 6.92 Å². The molecule has 0 saturated carbocycles. The van der Waals surface area contributed by atoms with Gasteiger partial charge in [-0.15, -0.1) is 0 Å². The summed E-state index contributed by atoms with van der Waals surface area (Å²) in [6, 6.07) is 3.46. The molecule has 1 amide bonds. The van der Waals surface area contributed by atoms with Gasteiger partial charge in [-0.3, -0.25) is 4.79 Å². The zero-order valence-electron chi connectivity index (χ0n) is 9.96. The van der Waals surface area contributed by atoms with Crippen molar-refractivity contribution in [1.82, 2.24) is 5.32 Å². The van der Waals surface area contributed by atoms with E-state index in [4.69, 9.17) is 16.7 Å². The molecule has 0 spiro atoms. The van der Waals surface area contributed by atoms with Gasteiger partial charge in [-0.05, 0) is 31.5 Å². The summed E-state index contributed by atoms with van der Waals surface area (Å²) in [5, 5.41) is 11.2. The first kappa shape index (κ1) is 14.4. The number of nitrogens with one attached hydrogen (secondary N) is 1. The Morgan fingerprint density at radius 1 is 1.50 bits per heavy atom. The topological polar surface area (TPSA) is 66.4 Å². The first-order valence-electron chi connectivity index (χ1n) is 5.31. The number of carboxylic acid groups (broad SMARTS) is 1. The summed E-state index contributed by atoms with van der Waals surface area (Å²) in [7, 11) is 0. The molecule has 98 valence electrons. The summed E-state index contributed by atoms with van der Waals surface area (Å²) in [6.45, 7) is 3.05. The highest BCUT2D eigenvalue weighted by Gasteiger charge is 2.33. The second kappa shape index (κ2) is 5.35. The van der Waals surface area contributed by atoms with Crippen LogP contribution >= 0.6 is 11.6 Å². The minimum absolute atomic E-state index is 0.113. The largest absolute Gasteiger partial charge is 0.480 e. The van der Waals surface area contributed by atoms with E-state index in [0.717, 1.165) is 12.1 Å². The third-order valence-corrected chi connectivity index (χ3v) is 3.04. The number of rotatable bonds is 4. The molecule has 6 heteroatoms. The lowest BCUT2D eigenvalue weighted by molar-refractivity contribution is -0.143. The highest BCUT2D eigenvalue weighted by Crippen LogP contribution is 2.17. The van der Waals surface area contributed by atoms with E-state index in [9.17, 15) is 14.0 Å². The van der Waals surface area contributed by atoms with Crippen LogP contribution < -0.4 is 5.32 Å². The Balaban J connectivity index is 2.95. The number of aliphatic carboxylic acids is 1. The molecule has 1 aromatic carbocycles. The van der Waals surface area contributed by atoms with E-state index in [1.165, 1.54) is 13.0 Å². The molecule has 0 aromatic heterocycles. The predicted molar refractivity (Wildman–Crippen MR) is 65.2 cm³/mol. The Bertz CT molecular complexity index is 492. The van der Waals surface area contributed by atoms with Crippen LogP contribution in [0.3, 0.4) is 0 Å². The average Bonchev–Trinajstić information content (AvgIpc) is 2.32. The van der Waals surface area contributed by atoms with Crippen LogP contribution in [0.2, 0.25) is 5.02 Å². The van der Waals surface area contributed by atoms with Crippen molar-refractivity contribution in [1.29, 1.82) is 0 Å². The van der Waals surface area contributed by atoms with E-state index in [1.807, 2.05) is 0 Å². The summed E-state index contributed by atoms with van der Waals surface area (Å²) < 4.78 is 12.9. The zero-order valence-corrected chi connectivity index (χ0v) is 10.7. The van der Waals surface area contributed by atoms with Crippen LogP contribution in [0.4, 0.5) is 4.39 Å². The number of hydrogen-bond acceptors (Lipinski definition) is 2. The van der Waals surface area contributed by atoms with Crippen molar-refractivity contribution in [2.24, 2.45) is 0 Å². The van der Waals surface area contributed by atoms with Gasteiger partial charge in [-0.25, -0.2) is 9.18 Å². The highest BCUT2D eigenvalue weighted by molar-refractivity contribution is 6.31. The first-order chi connectivity index (χ1) is 8.30. The van der Waals surface area contributed by atoms with Crippen LogP contribution in [0.1, 0.15) is 30.6 Å². The zero-order chi connectivity index (χ0) is 13.9. The molecule has 1 atom stereocenters. The van der Waals surface area contributed by atoms with Crippen molar-refractivity contribution in [2.45, 2.75) is 25.8 Å². The molecule has 0 bridgehead atoms. The molecule has 0 radical (unpaired) electrons. The number of carbonyl (C=O) groups is 2. The lowest BCUT2D eigenvalue weighted by Gasteiger charge is -2.24. The van der Waals surface area contributed by atoms with E-state index in [0.29, 0.717) is 0 Å². The molecule has 0 heterocycles. The number of hydrogen-bond donors (Lipinski definition) is 2. The highest BCUT2D eigenvalue weighted by atomic mass is 35.5. The maximum atomic E-state index is 12.9. The monoisotopic (exact) mass is 273 g/mol. The molecule has 1 unspecified atom stereocenters. The van der Waals surface area contributed by atoms with Crippen LogP contribution in [0.25, 0.3) is 0 Å². The number of halogens is 2. The number of carbonyl (C=O) groups excluding carboxylic acids is 1. The summed E-state index contributed by atoms with van der Waals surface area (Å²) in [5.74, 6) is -2.38. The molecule has 1 aromatic rings. The fraction of sp³-hybridized carbons (Fsp3) is 0.333. The van der Waals surface area contributed by atoms with Crippen molar-refractivity contribution in [2.75, 3.05) is 0 Å². The molecular weight excluding hydrogens is 261 g/mol. The Kier molecular flexibility index (Phi) is 4.29. The maximum absolute atomic E-state index is 12.9. The second-order valence-electron chi connectivity index (χ2n) is 4.07. The normalized spacial score (nSPS) is 13.8. The molecule has 0 saturated heterocycles. The van der Waals surface area contributed by atoms with E-state index >= 15 is 0 Å². The van der Waals surface area contributed by atoms with Crippen LogP contribution in [-0.2, 0) is 4.79 Å². The van der Waals surface area contributed by atoms with Crippen molar-refractivity contribution in [3.8, 4) is 0 Å². The van der Waals surface area contributed by atoms with Gasteiger partial charge in [0, 0.05) is 5.56 Å². The number of benzene rings is 1. The Morgan fingerprint density at radius 2 is 2.11 bits per heavy atom. The average molecular weight is 274 g/mol. The lowest BCUT2D eigenvalue weighted by atomic mass is 9.98. The fourth-order valence-corrected chi connectivity index (χ4v) is 1.43. The predicted octanol–water partition coefficient (Wildman–Crippen LogP) is 2.46. The van der Waals surface area contributed by atoms with E-state index in [2.05, 4.69) is 5.32 Å². The molecule has 0 aliphatic rings. The van der Waals surface area contributed by atoms with Gasteiger partial charge in [0.2, 0.25) is 0 Å². The standard InChI is InChI=1S/C12H13ClFNO3/c1-3-12(2,11(17)18)15-10(16)7-4-5-9(14)8(13)6-7/h4-6H,3H2,1-2H3,(H,15,16)(H,17,18). The summed E-state index contributed by atoms with van der Waals surface area (Å²) in [5.41, 5.74) is -1.25. The lowest BCUT2D eigenvalue weighted by Crippen LogP contribution is -2.51. The second-order valence-corrected chi connectivity index (χ2v) is 4.48. The first-order valence-corrected chi connectivity index (χ1v) is 5.69. The van der Waals surface area contributed by atoms with Gasteiger partial charge >= 0.3 is 5.97 Å². The van der Waals surface area contributed by atoms with Gasteiger partial charge in [0.05, 0.1) is 5.02 Å². The van der Waals surface area contributed by atoms with E-state index in [-0.39, 0.29) is 17.0 Å². The molecule has 18 heavy (non-hydrogen) atoms. The van der Waals surface area contributed by atoms with Gasteiger partial charge in [0.1, 0.15) is 11.4 Å². The SMILES string of the molecule is CCC(C)(NC(=O)c1ccc(F)c(Cl)c1)C(=O)O. The molecule has 0 fully saturated rings. The van der Waals surface area contributed by atoms with Gasteiger partial charge in [0.15, 0.2) is 0 Å². The summed E-state index contributed by atoms with van der Waals surface area (Å²) in [4.78, 5) is 22.9. The van der Waals surface area contributed by atoms with Crippen molar-refractivity contribution < 1.29 is 19.1 Å². The molecule has 4 nitrogen and oxygen atoms in total. The third-order valence-electron chi connectivity index (χ3n) is 2.75. The van der Waals surface area contributed by atoms with Crippen LogP contribution in [0.15, 0.2) is 18.2 Å². The Morgan fingerprint density at radius 3 is 2.56 bits per heavy atom. The molecule has 1 rings (SSSR count). The number of carboxylic acids is 1. The quantitative estimate of drug-likeness (QED) is 0.886. The van der Waals surface area contributed by atoms with Gasteiger partial charge in [-0.2, -0.15) is 0 Å². The Hall–Kier alpha value is -1.62. The van der Waals surface area contributed by atoms with Crippen LogP contribution in [-0.4, -0.2) is 22.5 Å². The summed E-state index contributed by atoms with van der Waals surface area (Å²) >= 11 is 5.55. The van der Waals surface area contributed by atoms with Crippen molar-refractivity contribution >= 4 is 23.5 Å². The maximum Gasteiger partial charge on any atom is 0.329 e. The van der Waals surface area contributed by atoms with Crippen LogP contribution in [0, 0.1) is 5.82 Å². The summed E-state index contributed by atoms with van der Waals surface area (Å²) in [6.07, 6.45) is 0.225. The molecule has 0 aliphatic carbocycles. The smallest absolute Gasteiger partial charge is 0.329 e. The molecule has 2 N–H and O–H groups in total. The van der Waals surface area contributed by atoms with Crippen molar-refractivity contribution in [3.63, 3.8) is 0 Å². The Labute approximate surface area is 109 Å². The third kappa shape index (κ3) is 2.98. The minimum atomic E-state index is -1.36.